The van der Waals surface area contributed by atoms with Crippen LogP contribution in [0.5, 0.6) is 5.75 Å². The Morgan fingerprint density at radius 1 is 1.12 bits per heavy atom. The molecule has 3 aromatic carbocycles. The van der Waals surface area contributed by atoms with E-state index in [2.05, 4.69) is 34.8 Å². The molecule has 9 heteroatoms. The Bertz CT molecular complexity index is 1840. The number of thiazole rings is 1. The lowest BCUT2D eigenvalue weighted by Crippen LogP contribution is -2.39. The monoisotopic (exact) mass is 648 g/mol. The van der Waals surface area contributed by atoms with Crippen LogP contribution in [-0.4, -0.2) is 17.1 Å². The fraction of sp³-hybridized carbons (Fsp3) is 0.242. The zero-order valence-electron chi connectivity index (χ0n) is 23.7. The summed E-state index contributed by atoms with van der Waals surface area (Å²) in [4.78, 5) is 32.2. The van der Waals surface area contributed by atoms with Crippen LogP contribution in [0.1, 0.15) is 61.9 Å². The van der Waals surface area contributed by atoms with Gasteiger partial charge in [-0.2, -0.15) is 0 Å². The standard InChI is InChI=1S/C33H30BrFN2O4S/c1-5-40-32(39)29-20(4)36-33-37(30(29)24-11-9-23(10-12-24)19(2)3)31(38)28(42-33)17-22-8-15-27(26(34)16-22)41-18-21-6-13-25(35)14-7-21/h6-17,19,30H,5,18H2,1-4H3/b28-17+/t30-/m0/s1. The van der Waals surface area contributed by atoms with Crippen molar-refractivity contribution in [2.24, 2.45) is 4.99 Å². The lowest BCUT2D eigenvalue weighted by molar-refractivity contribution is -0.139. The van der Waals surface area contributed by atoms with E-state index in [1.54, 1.807) is 36.6 Å². The van der Waals surface area contributed by atoms with E-state index in [0.717, 1.165) is 21.2 Å². The molecule has 0 amide bonds. The highest BCUT2D eigenvalue weighted by molar-refractivity contribution is 9.10. The zero-order valence-corrected chi connectivity index (χ0v) is 26.1. The van der Waals surface area contributed by atoms with Gasteiger partial charge >= 0.3 is 5.97 Å². The number of ether oxygens (including phenoxy) is 2. The third-order valence-corrected chi connectivity index (χ3v) is 8.60. The van der Waals surface area contributed by atoms with Crippen LogP contribution in [0.2, 0.25) is 0 Å². The van der Waals surface area contributed by atoms with E-state index >= 15 is 0 Å². The van der Waals surface area contributed by atoms with Gasteiger partial charge < -0.3 is 9.47 Å². The van der Waals surface area contributed by atoms with Crippen LogP contribution in [0.3, 0.4) is 0 Å². The van der Waals surface area contributed by atoms with Crippen molar-refractivity contribution in [2.45, 2.75) is 46.3 Å². The molecule has 0 spiro atoms. The van der Waals surface area contributed by atoms with Crippen molar-refractivity contribution < 1.29 is 18.7 Å². The Kier molecular flexibility index (Phi) is 8.89. The summed E-state index contributed by atoms with van der Waals surface area (Å²) in [7, 11) is 0. The second-order valence-corrected chi connectivity index (χ2v) is 12.1. The van der Waals surface area contributed by atoms with Gasteiger partial charge in [-0.25, -0.2) is 14.2 Å². The smallest absolute Gasteiger partial charge is 0.338 e. The maximum atomic E-state index is 13.9. The van der Waals surface area contributed by atoms with E-state index in [-0.39, 0.29) is 24.6 Å². The first kappa shape index (κ1) is 29.7. The van der Waals surface area contributed by atoms with Gasteiger partial charge in [0.15, 0.2) is 4.80 Å². The molecule has 1 aliphatic rings. The molecular weight excluding hydrogens is 619 g/mol. The van der Waals surface area contributed by atoms with E-state index in [1.165, 1.54) is 29.0 Å². The summed E-state index contributed by atoms with van der Waals surface area (Å²) in [5.41, 5.74) is 4.27. The maximum Gasteiger partial charge on any atom is 0.338 e. The highest BCUT2D eigenvalue weighted by Crippen LogP contribution is 2.32. The number of hydrogen-bond acceptors (Lipinski definition) is 6. The van der Waals surface area contributed by atoms with Crippen molar-refractivity contribution >= 4 is 39.3 Å². The number of esters is 1. The van der Waals surface area contributed by atoms with Gasteiger partial charge in [-0.1, -0.05) is 67.6 Å². The number of nitrogens with zero attached hydrogens (tertiary/aromatic N) is 2. The van der Waals surface area contributed by atoms with Crippen LogP contribution < -0.4 is 19.6 Å². The fourth-order valence-corrected chi connectivity index (χ4v) is 6.34. The van der Waals surface area contributed by atoms with E-state index in [0.29, 0.717) is 32.3 Å². The molecule has 1 aromatic heterocycles. The normalized spacial score (nSPS) is 15.0. The van der Waals surface area contributed by atoms with E-state index in [4.69, 9.17) is 9.47 Å². The van der Waals surface area contributed by atoms with Gasteiger partial charge in [0.1, 0.15) is 18.2 Å². The predicted molar refractivity (Wildman–Crippen MR) is 166 cm³/mol. The number of rotatable bonds is 8. The van der Waals surface area contributed by atoms with Gasteiger partial charge in [-0.05, 0) is 88.3 Å². The molecule has 1 aliphatic heterocycles. The molecule has 42 heavy (non-hydrogen) atoms. The average molecular weight is 650 g/mol. The molecule has 2 heterocycles. The molecule has 0 unspecified atom stereocenters. The SMILES string of the molecule is CCOC(=O)C1=C(C)N=c2s/c(=C/c3ccc(OCc4ccc(F)cc4)c(Br)c3)c(=O)n2[C@H]1c1ccc(C(C)C)cc1. The van der Waals surface area contributed by atoms with Gasteiger partial charge in [0.2, 0.25) is 0 Å². The van der Waals surface area contributed by atoms with Crippen molar-refractivity contribution in [2.75, 3.05) is 6.61 Å². The fourth-order valence-electron chi connectivity index (χ4n) is 4.79. The van der Waals surface area contributed by atoms with Crippen LogP contribution in [0, 0.1) is 5.82 Å². The molecule has 6 nitrogen and oxygen atoms in total. The highest BCUT2D eigenvalue weighted by Gasteiger charge is 2.33. The molecule has 4 aromatic rings. The molecule has 0 saturated carbocycles. The minimum Gasteiger partial charge on any atom is -0.488 e. The number of fused-ring (bicyclic) bond motifs is 1. The van der Waals surface area contributed by atoms with Crippen LogP contribution in [-0.2, 0) is 16.1 Å². The number of halogens is 2. The molecule has 5 rings (SSSR count). The van der Waals surface area contributed by atoms with Gasteiger partial charge in [0.25, 0.3) is 5.56 Å². The van der Waals surface area contributed by atoms with Crippen molar-refractivity contribution in [3.05, 3.63) is 130 Å². The van der Waals surface area contributed by atoms with Crippen LogP contribution in [0.25, 0.3) is 6.08 Å². The Balaban J connectivity index is 1.52. The summed E-state index contributed by atoms with van der Waals surface area (Å²) in [5.74, 6) is 0.197. The van der Waals surface area contributed by atoms with Gasteiger partial charge in [-0.3, -0.25) is 9.36 Å². The zero-order chi connectivity index (χ0) is 30.0. The number of hydrogen-bond donors (Lipinski definition) is 0. The van der Waals surface area contributed by atoms with E-state index in [1.807, 2.05) is 42.5 Å². The van der Waals surface area contributed by atoms with Crippen LogP contribution in [0.4, 0.5) is 4.39 Å². The van der Waals surface area contributed by atoms with Crippen molar-refractivity contribution in [1.82, 2.24) is 4.57 Å². The maximum absolute atomic E-state index is 13.9. The van der Waals surface area contributed by atoms with E-state index < -0.39 is 12.0 Å². The molecule has 0 radical (unpaired) electrons. The Hall–Kier alpha value is -3.82. The summed E-state index contributed by atoms with van der Waals surface area (Å²) in [6.45, 7) is 8.28. The number of carbonyl (C=O) groups excluding carboxylic acids is 1. The summed E-state index contributed by atoms with van der Waals surface area (Å²) < 4.78 is 27.3. The van der Waals surface area contributed by atoms with Gasteiger partial charge in [0.05, 0.1) is 32.9 Å². The molecule has 0 aliphatic carbocycles. The van der Waals surface area contributed by atoms with Crippen molar-refractivity contribution in [3.63, 3.8) is 0 Å². The largest absolute Gasteiger partial charge is 0.488 e. The van der Waals surface area contributed by atoms with Crippen LogP contribution >= 0.6 is 27.3 Å². The molecule has 0 bridgehead atoms. The second kappa shape index (κ2) is 12.6. The van der Waals surface area contributed by atoms with E-state index in [9.17, 15) is 14.0 Å². The average Bonchev–Trinajstić information content (AvgIpc) is 3.26. The van der Waals surface area contributed by atoms with Crippen molar-refractivity contribution in [1.29, 1.82) is 0 Å². The topological polar surface area (TPSA) is 69.9 Å². The predicted octanol–water partition coefficient (Wildman–Crippen LogP) is 6.40. The third kappa shape index (κ3) is 6.17. The Morgan fingerprint density at radius 3 is 2.48 bits per heavy atom. The van der Waals surface area contributed by atoms with Gasteiger partial charge in [-0.15, -0.1) is 0 Å². The minimum absolute atomic E-state index is 0.220. The number of carbonyl (C=O) groups is 1. The van der Waals surface area contributed by atoms with Gasteiger partial charge in [0, 0.05) is 0 Å². The molecule has 216 valence electrons. The molecular formula is C33H30BrFN2O4S. The summed E-state index contributed by atoms with van der Waals surface area (Å²) in [6, 6.07) is 19.1. The number of allylic oxidation sites excluding steroid dienone is 1. The Morgan fingerprint density at radius 2 is 1.83 bits per heavy atom. The molecule has 0 N–H and O–H groups in total. The first-order valence-corrected chi connectivity index (χ1v) is 15.2. The summed E-state index contributed by atoms with van der Waals surface area (Å²) in [5, 5.41) is 0. The highest BCUT2D eigenvalue weighted by atomic mass is 79.9. The summed E-state index contributed by atoms with van der Waals surface area (Å²) >= 11 is 4.84. The Labute approximate surface area is 255 Å². The number of aromatic nitrogens is 1. The molecule has 0 saturated heterocycles. The first-order valence-electron chi connectivity index (χ1n) is 13.6. The number of benzene rings is 3. The van der Waals surface area contributed by atoms with Crippen molar-refractivity contribution in [3.8, 4) is 5.75 Å². The third-order valence-electron chi connectivity index (χ3n) is 7.00. The lowest BCUT2D eigenvalue weighted by atomic mass is 9.93. The molecule has 0 fully saturated rings. The lowest BCUT2D eigenvalue weighted by Gasteiger charge is -2.25. The second-order valence-electron chi connectivity index (χ2n) is 10.2. The summed E-state index contributed by atoms with van der Waals surface area (Å²) in [6.07, 6.45) is 1.81. The first-order chi connectivity index (χ1) is 20.2. The molecule has 1 atom stereocenters. The quantitative estimate of drug-likeness (QED) is 0.207. The minimum atomic E-state index is -0.655. The van der Waals surface area contributed by atoms with Crippen LogP contribution in [0.15, 0.2) is 92.3 Å².